The van der Waals surface area contributed by atoms with Crippen LogP contribution >= 0.6 is 0 Å². The van der Waals surface area contributed by atoms with E-state index in [2.05, 4.69) is 24.2 Å². The SMILES string of the molecule is CCOc1ccc(-c2ccnn2C)cc1C. The summed E-state index contributed by atoms with van der Waals surface area (Å²) in [6.45, 7) is 4.76. The highest BCUT2D eigenvalue weighted by molar-refractivity contribution is 5.62. The first-order valence-electron chi connectivity index (χ1n) is 5.44. The first-order chi connectivity index (χ1) is 7.72. The van der Waals surface area contributed by atoms with Crippen molar-refractivity contribution in [1.29, 1.82) is 0 Å². The van der Waals surface area contributed by atoms with Gasteiger partial charge in [0, 0.05) is 18.8 Å². The molecule has 0 aliphatic carbocycles. The van der Waals surface area contributed by atoms with Gasteiger partial charge in [0.2, 0.25) is 0 Å². The lowest BCUT2D eigenvalue weighted by Crippen LogP contribution is -1.96. The molecule has 2 aromatic rings. The number of nitrogens with zero attached hydrogens (tertiary/aromatic N) is 2. The average molecular weight is 216 g/mol. The van der Waals surface area contributed by atoms with E-state index >= 15 is 0 Å². The van der Waals surface area contributed by atoms with E-state index < -0.39 is 0 Å². The molecule has 84 valence electrons. The smallest absolute Gasteiger partial charge is 0.122 e. The summed E-state index contributed by atoms with van der Waals surface area (Å²) in [5, 5.41) is 4.17. The van der Waals surface area contributed by atoms with Gasteiger partial charge in [-0.15, -0.1) is 0 Å². The van der Waals surface area contributed by atoms with Gasteiger partial charge in [0.15, 0.2) is 0 Å². The minimum Gasteiger partial charge on any atom is -0.494 e. The van der Waals surface area contributed by atoms with Crippen LogP contribution in [-0.2, 0) is 7.05 Å². The van der Waals surface area contributed by atoms with E-state index in [0.29, 0.717) is 6.61 Å². The molecule has 0 saturated heterocycles. The van der Waals surface area contributed by atoms with Crippen LogP contribution in [0.2, 0.25) is 0 Å². The normalized spacial score (nSPS) is 10.4. The summed E-state index contributed by atoms with van der Waals surface area (Å²) in [6.07, 6.45) is 1.81. The Morgan fingerprint density at radius 3 is 2.69 bits per heavy atom. The second-order valence-electron chi connectivity index (χ2n) is 3.75. The second-order valence-corrected chi connectivity index (χ2v) is 3.75. The summed E-state index contributed by atoms with van der Waals surface area (Å²) in [4.78, 5) is 0. The number of benzene rings is 1. The molecule has 0 saturated carbocycles. The van der Waals surface area contributed by atoms with E-state index in [1.165, 1.54) is 5.56 Å². The number of hydrogen-bond donors (Lipinski definition) is 0. The molecule has 0 atom stereocenters. The Labute approximate surface area is 95.7 Å². The van der Waals surface area contributed by atoms with Crippen LogP contribution in [0, 0.1) is 6.92 Å². The van der Waals surface area contributed by atoms with Crippen LogP contribution in [-0.4, -0.2) is 16.4 Å². The van der Waals surface area contributed by atoms with Gasteiger partial charge >= 0.3 is 0 Å². The number of rotatable bonds is 3. The minimum atomic E-state index is 0.700. The third-order valence-corrected chi connectivity index (χ3v) is 2.59. The van der Waals surface area contributed by atoms with Crippen LogP contribution < -0.4 is 4.74 Å². The quantitative estimate of drug-likeness (QED) is 0.788. The van der Waals surface area contributed by atoms with Crippen LogP contribution in [0.5, 0.6) is 5.75 Å². The first-order valence-corrected chi connectivity index (χ1v) is 5.44. The van der Waals surface area contributed by atoms with Crippen molar-refractivity contribution < 1.29 is 4.74 Å². The fourth-order valence-corrected chi connectivity index (χ4v) is 1.78. The van der Waals surface area contributed by atoms with E-state index in [4.69, 9.17) is 4.74 Å². The second kappa shape index (κ2) is 4.39. The standard InChI is InChI=1S/C13H16N2O/c1-4-16-13-6-5-11(9-10(13)2)12-7-8-14-15(12)3/h5-9H,4H2,1-3H3. The summed E-state index contributed by atoms with van der Waals surface area (Å²) >= 11 is 0. The molecule has 0 fully saturated rings. The van der Waals surface area contributed by atoms with Crippen molar-refractivity contribution in [2.45, 2.75) is 13.8 Å². The van der Waals surface area contributed by atoms with Crippen molar-refractivity contribution in [3.8, 4) is 17.0 Å². The molecule has 0 aliphatic heterocycles. The molecule has 0 spiro atoms. The Balaban J connectivity index is 2.38. The molecule has 0 radical (unpaired) electrons. The summed E-state index contributed by atoms with van der Waals surface area (Å²) < 4.78 is 7.39. The van der Waals surface area contributed by atoms with Gasteiger partial charge in [0.25, 0.3) is 0 Å². The maximum atomic E-state index is 5.52. The van der Waals surface area contributed by atoms with Gasteiger partial charge in [0.1, 0.15) is 5.75 Å². The molecule has 0 bridgehead atoms. The maximum absolute atomic E-state index is 5.52. The molecule has 0 aliphatic rings. The molecule has 3 nitrogen and oxygen atoms in total. The molecule has 1 aromatic carbocycles. The first kappa shape index (κ1) is 10.7. The largest absolute Gasteiger partial charge is 0.494 e. The summed E-state index contributed by atoms with van der Waals surface area (Å²) in [7, 11) is 1.95. The van der Waals surface area contributed by atoms with Crippen LogP contribution in [0.4, 0.5) is 0 Å². The van der Waals surface area contributed by atoms with Gasteiger partial charge in [-0.1, -0.05) is 0 Å². The Kier molecular flexibility index (Phi) is 2.95. The number of aryl methyl sites for hydroxylation is 2. The van der Waals surface area contributed by atoms with Crippen molar-refractivity contribution in [2.24, 2.45) is 7.05 Å². The van der Waals surface area contributed by atoms with E-state index in [9.17, 15) is 0 Å². The predicted octanol–water partition coefficient (Wildman–Crippen LogP) is 2.79. The molecule has 0 amide bonds. The monoisotopic (exact) mass is 216 g/mol. The fraction of sp³-hybridized carbons (Fsp3) is 0.308. The van der Waals surface area contributed by atoms with Gasteiger partial charge < -0.3 is 4.74 Å². The molecule has 0 unspecified atom stereocenters. The molecule has 2 rings (SSSR count). The molecule has 1 heterocycles. The predicted molar refractivity (Wildman–Crippen MR) is 64.6 cm³/mol. The lowest BCUT2D eigenvalue weighted by atomic mass is 10.1. The van der Waals surface area contributed by atoms with Crippen molar-refractivity contribution in [3.63, 3.8) is 0 Å². The number of ether oxygens (including phenoxy) is 1. The van der Waals surface area contributed by atoms with E-state index in [1.807, 2.05) is 30.8 Å². The number of aromatic nitrogens is 2. The zero-order valence-electron chi connectivity index (χ0n) is 9.90. The van der Waals surface area contributed by atoms with Crippen LogP contribution in [0.3, 0.4) is 0 Å². The Morgan fingerprint density at radius 2 is 2.12 bits per heavy atom. The zero-order chi connectivity index (χ0) is 11.5. The fourth-order valence-electron chi connectivity index (χ4n) is 1.78. The topological polar surface area (TPSA) is 27.1 Å². The van der Waals surface area contributed by atoms with Crippen LogP contribution in [0.15, 0.2) is 30.5 Å². The highest BCUT2D eigenvalue weighted by Gasteiger charge is 2.05. The lowest BCUT2D eigenvalue weighted by Gasteiger charge is -2.09. The zero-order valence-corrected chi connectivity index (χ0v) is 9.90. The number of hydrogen-bond acceptors (Lipinski definition) is 2. The molecular weight excluding hydrogens is 200 g/mol. The lowest BCUT2D eigenvalue weighted by molar-refractivity contribution is 0.338. The maximum Gasteiger partial charge on any atom is 0.122 e. The molecule has 3 heteroatoms. The van der Waals surface area contributed by atoms with Crippen molar-refractivity contribution in [1.82, 2.24) is 9.78 Å². The van der Waals surface area contributed by atoms with Crippen LogP contribution in [0.25, 0.3) is 11.3 Å². The van der Waals surface area contributed by atoms with Gasteiger partial charge in [-0.25, -0.2) is 0 Å². The third-order valence-electron chi connectivity index (χ3n) is 2.59. The van der Waals surface area contributed by atoms with E-state index in [-0.39, 0.29) is 0 Å². The molecular formula is C13H16N2O. The van der Waals surface area contributed by atoms with Crippen molar-refractivity contribution >= 4 is 0 Å². The van der Waals surface area contributed by atoms with Crippen molar-refractivity contribution in [2.75, 3.05) is 6.61 Å². The highest BCUT2D eigenvalue weighted by atomic mass is 16.5. The molecule has 1 aromatic heterocycles. The van der Waals surface area contributed by atoms with Gasteiger partial charge in [-0.3, -0.25) is 4.68 Å². The van der Waals surface area contributed by atoms with E-state index in [0.717, 1.165) is 17.0 Å². The minimum absolute atomic E-state index is 0.700. The summed E-state index contributed by atoms with van der Waals surface area (Å²) in [5.74, 6) is 0.952. The molecule has 16 heavy (non-hydrogen) atoms. The van der Waals surface area contributed by atoms with Gasteiger partial charge in [-0.2, -0.15) is 5.10 Å². The summed E-state index contributed by atoms with van der Waals surface area (Å²) in [6, 6.07) is 8.22. The highest BCUT2D eigenvalue weighted by Crippen LogP contribution is 2.25. The summed E-state index contributed by atoms with van der Waals surface area (Å²) in [5.41, 5.74) is 3.44. The Bertz CT molecular complexity index is 488. The molecule has 0 N–H and O–H groups in total. The van der Waals surface area contributed by atoms with Crippen molar-refractivity contribution in [3.05, 3.63) is 36.0 Å². The third kappa shape index (κ3) is 1.94. The average Bonchev–Trinajstić information content (AvgIpc) is 2.68. The Morgan fingerprint density at radius 1 is 1.31 bits per heavy atom. The Hall–Kier alpha value is -1.77. The van der Waals surface area contributed by atoms with Crippen LogP contribution in [0.1, 0.15) is 12.5 Å². The van der Waals surface area contributed by atoms with Gasteiger partial charge in [0.05, 0.1) is 12.3 Å². The van der Waals surface area contributed by atoms with E-state index in [1.54, 1.807) is 6.20 Å². The van der Waals surface area contributed by atoms with Gasteiger partial charge in [-0.05, 0) is 43.7 Å².